The molecule has 0 radical (unpaired) electrons. The summed E-state index contributed by atoms with van der Waals surface area (Å²) in [6.07, 6.45) is 2.27. The number of carboxylic acids is 1. The fraction of sp³-hybridized carbons (Fsp3) is 0.867. The van der Waals surface area contributed by atoms with Crippen LogP contribution in [0.2, 0.25) is 0 Å². The highest BCUT2D eigenvalue weighted by molar-refractivity contribution is 5.74. The van der Waals surface area contributed by atoms with Gasteiger partial charge in [0, 0.05) is 19.1 Å². The Labute approximate surface area is 122 Å². The second-order valence-electron chi connectivity index (χ2n) is 5.95. The van der Waals surface area contributed by atoms with Crippen molar-refractivity contribution in [3.05, 3.63) is 0 Å². The summed E-state index contributed by atoms with van der Waals surface area (Å²) < 4.78 is 0. The smallest absolute Gasteiger partial charge is 0.317 e. The predicted octanol–water partition coefficient (Wildman–Crippen LogP) is 2.95. The molecule has 0 saturated carbocycles. The molecule has 0 fully saturated rings. The summed E-state index contributed by atoms with van der Waals surface area (Å²) in [5, 5.41) is 11.8. The highest BCUT2D eigenvalue weighted by Crippen LogP contribution is 2.10. The van der Waals surface area contributed by atoms with Crippen LogP contribution in [0.25, 0.3) is 0 Å². The van der Waals surface area contributed by atoms with Crippen molar-refractivity contribution < 1.29 is 14.7 Å². The normalized spacial score (nSPS) is 13.9. The molecule has 0 aromatic heterocycles. The molecule has 2 unspecified atom stereocenters. The van der Waals surface area contributed by atoms with Gasteiger partial charge in [0.05, 0.1) is 5.92 Å². The largest absolute Gasteiger partial charge is 0.481 e. The Morgan fingerprint density at radius 2 is 1.75 bits per heavy atom. The van der Waals surface area contributed by atoms with E-state index in [0.717, 1.165) is 19.4 Å². The van der Waals surface area contributed by atoms with Crippen molar-refractivity contribution in [3.63, 3.8) is 0 Å². The Hall–Kier alpha value is -1.26. The van der Waals surface area contributed by atoms with Gasteiger partial charge < -0.3 is 15.3 Å². The van der Waals surface area contributed by atoms with Gasteiger partial charge in [0.15, 0.2) is 0 Å². The lowest BCUT2D eigenvalue weighted by molar-refractivity contribution is -0.141. The van der Waals surface area contributed by atoms with Crippen LogP contribution < -0.4 is 5.32 Å². The molecule has 0 aliphatic heterocycles. The van der Waals surface area contributed by atoms with Crippen LogP contribution in [0.5, 0.6) is 0 Å². The van der Waals surface area contributed by atoms with Crippen LogP contribution in [-0.4, -0.2) is 41.1 Å². The number of nitrogens with zero attached hydrogens (tertiary/aromatic N) is 1. The molecule has 0 aromatic rings. The number of carbonyl (C=O) groups is 2. The van der Waals surface area contributed by atoms with Crippen LogP contribution in [0.1, 0.15) is 53.9 Å². The van der Waals surface area contributed by atoms with E-state index in [4.69, 9.17) is 5.11 Å². The molecule has 0 aliphatic carbocycles. The molecule has 0 heterocycles. The molecule has 0 aliphatic rings. The molecule has 0 bridgehead atoms. The van der Waals surface area contributed by atoms with E-state index in [9.17, 15) is 9.59 Å². The van der Waals surface area contributed by atoms with Gasteiger partial charge in [0.25, 0.3) is 0 Å². The van der Waals surface area contributed by atoms with E-state index in [1.165, 1.54) is 0 Å². The lowest BCUT2D eigenvalue weighted by Gasteiger charge is -2.25. The van der Waals surface area contributed by atoms with E-state index < -0.39 is 5.97 Å². The summed E-state index contributed by atoms with van der Waals surface area (Å²) in [5.41, 5.74) is 0. The Morgan fingerprint density at radius 3 is 2.20 bits per heavy atom. The maximum Gasteiger partial charge on any atom is 0.317 e. The number of rotatable bonds is 9. The molecule has 118 valence electrons. The first kappa shape index (κ1) is 18.7. The molecular weight excluding hydrogens is 256 g/mol. The zero-order valence-corrected chi connectivity index (χ0v) is 13.5. The van der Waals surface area contributed by atoms with Gasteiger partial charge in [-0.3, -0.25) is 4.79 Å². The average molecular weight is 286 g/mol. The fourth-order valence-electron chi connectivity index (χ4n) is 2.02. The molecule has 5 heteroatoms. The maximum absolute atomic E-state index is 12.0. The van der Waals surface area contributed by atoms with Crippen molar-refractivity contribution in [1.82, 2.24) is 10.2 Å². The number of carboxylic acid groups (broad SMARTS) is 1. The summed E-state index contributed by atoms with van der Waals surface area (Å²) in [4.78, 5) is 24.6. The number of hydrogen-bond acceptors (Lipinski definition) is 2. The topological polar surface area (TPSA) is 69.6 Å². The van der Waals surface area contributed by atoms with Crippen molar-refractivity contribution in [2.45, 2.75) is 59.9 Å². The minimum Gasteiger partial charge on any atom is -0.481 e. The average Bonchev–Trinajstić information content (AvgIpc) is 2.34. The Balaban J connectivity index is 4.03. The van der Waals surface area contributed by atoms with Gasteiger partial charge in [-0.1, -0.05) is 27.2 Å². The van der Waals surface area contributed by atoms with E-state index >= 15 is 0 Å². The first-order valence-electron chi connectivity index (χ1n) is 7.56. The zero-order chi connectivity index (χ0) is 15.7. The molecule has 20 heavy (non-hydrogen) atoms. The minimum atomic E-state index is -0.754. The highest BCUT2D eigenvalue weighted by Gasteiger charge is 2.16. The van der Waals surface area contributed by atoms with E-state index in [-0.39, 0.29) is 18.0 Å². The van der Waals surface area contributed by atoms with Crippen molar-refractivity contribution in [2.75, 3.05) is 13.1 Å². The van der Waals surface area contributed by atoms with Crippen molar-refractivity contribution in [3.8, 4) is 0 Å². The van der Waals surface area contributed by atoms with E-state index in [1.807, 2.05) is 13.8 Å². The summed E-state index contributed by atoms with van der Waals surface area (Å²) in [6, 6.07) is 0.0460. The third-order valence-corrected chi connectivity index (χ3v) is 3.32. The zero-order valence-electron chi connectivity index (χ0n) is 13.5. The maximum atomic E-state index is 12.0. The Bertz CT molecular complexity index is 305. The standard InChI is InChI=1S/C15H30N2O3/c1-6-17(10-11(2)3)15(20)16-13(5)9-7-8-12(4)14(18)19/h11-13H,6-10H2,1-5H3,(H,16,20)(H,18,19). The number of carbonyl (C=O) groups excluding carboxylic acids is 1. The fourth-order valence-corrected chi connectivity index (χ4v) is 2.02. The van der Waals surface area contributed by atoms with E-state index in [2.05, 4.69) is 19.2 Å². The van der Waals surface area contributed by atoms with E-state index in [0.29, 0.717) is 18.9 Å². The number of hydrogen-bond donors (Lipinski definition) is 2. The van der Waals surface area contributed by atoms with Crippen LogP contribution in [0.3, 0.4) is 0 Å². The Kier molecular flexibility index (Phi) is 9.01. The first-order chi connectivity index (χ1) is 9.27. The van der Waals surface area contributed by atoms with Crippen LogP contribution in [0.4, 0.5) is 4.79 Å². The monoisotopic (exact) mass is 286 g/mol. The van der Waals surface area contributed by atoms with E-state index in [1.54, 1.807) is 11.8 Å². The Morgan fingerprint density at radius 1 is 1.15 bits per heavy atom. The van der Waals surface area contributed by atoms with Crippen molar-refractivity contribution in [1.29, 1.82) is 0 Å². The lowest BCUT2D eigenvalue weighted by Crippen LogP contribution is -2.45. The molecule has 5 nitrogen and oxygen atoms in total. The van der Waals surface area contributed by atoms with Gasteiger partial charge in [-0.05, 0) is 32.6 Å². The first-order valence-corrected chi connectivity index (χ1v) is 7.56. The SMILES string of the molecule is CCN(CC(C)C)C(=O)NC(C)CCCC(C)C(=O)O. The highest BCUT2D eigenvalue weighted by atomic mass is 16.4. The lowest BCUT2D eigenvalue weighted by atomic mass is 10.0. The molecule has 0 aromatic carbocycles. The second kappa shape index (κ2) is 9.61. The summed E-state index contributed by atoms with van der Waals surface area (Å²) in [6.45, 7) is 11.3. The second-order valence-corrected chi connectivity index (χ2v) is 5.95. The van der Waals surface area contributed by atoms with Crippen LogP contribution in [-0.2, 0) is 4.79 Å². The molecule has 0 spiro atoms. The van der Waals surface area contributed by atoms with Crippen molar-refractivity contribution >= 4 is 12.0 Å². The molecule has 2 N–H and O–H groups in total. The molecule has 2 atom stereocenters. The molecule has 0 saturated heterocycles. The number of amides is 2. The predicted molar refractivity (Wildman–Crippen MR) is 80.7 cm³/mol. The minimum absolute atomic E-state index is 0.0278. The summed E-state index contributed by atoms with van der Waals surface area (Å²) in [7, 11) is 0. The quantitative estimate of drug-likeness (QED) is 0.684. The van der Waals surface area contributed by atoms with Crippen molar-refractivity contribution in [2.24, 2.45) is 11.8 Å². The number of aliphatic carboxylic acids is 1. The van der Waals surface area contributed by atoms with Gasteiger partial charge in [-0.2, -0.15) is 0 Å². The van der Waals surface area contributed by atoms with Gasteiger partial charge >= 0.3 is 12.0 Å². The third-order valence-electron chi connectivity index (χ3n) is 3.32. The van der Waals surface area contributed by atoms with Crippen LogP contribution >= 0.6 is 0 Å². The van der Waals surface area contributed by atoms with Gasteiger partial charge in [-0.25, -0.2) is 4.79 Å². The van der Waals surface area contributed by atoms with Crippen LogP contribution in [0, 0.1) is 11.8 Å². The van der Waals surface area contributed by atoms with Gasteiger partial charge in [0.1, 0.15) is 0 Å². The van der Waals surface area contributed by atoms with Gasteiger partial charge in [0.2, 0.25) is 0 Å². The molecular formula is C15H30N2O3. The number of urea groups is 1. The van der Waals surface area contributed by atoms with Gasteiger partial charge in [-0.15, -0.1) is 0 Å². The summed E-state index contributed by atoms with van der Waals surface area (Å²) in [5.74, 6) is -0.616. The molecule has 2 amide bonds. The van der Waals surface area contributed by atoms with Crippen LogP contribution in [0.15, 0.2) is 0 Å². The number of nitrogens with one attached hydrogen (secondary N) is 1. The summed E-state index contributed by atoms with van der Waals surface area (Å²) >= 11 is 0. The third kappa shape index (κ3) is 8.02. The molecule has 0 rings (SSSR count).